The summed E-state index contributed by atoms with van der Waals surface area (Å²) in [4.78, 5) is 24.2. The molecule has 1 fully saturated rings. The first-order chi connectivity index (χ1) is 17.2. The Morgan fingerprint density at radius 3 is 2.51 bits per heavy atom. The Labute approximate surface area is 205 Å². The van der Waals surface area contributed by atoms with Gasteiger partial charge in [-0.3, -0.25) is 14.7 Å². The summed E-state index contributed by atoms with van der Waals surface area (Å²) < 4.78 is 6.00. The van der Waals surface area contributed by atoms with Crippen molar-refractivity contribution < 1.29 is 14.6 Å². The molecule has 1 saturated heterocycles. The number of nitrogens with one attached hydrogen (secondary N) is 1. The summed E-state index contributed by atoms with van der Waals surface area (Å²) in [7, 11) is 0. The van der Waals surface area contributed by atoms with E-state index in [9.17, 15) is 9.90 Å². The van der Waals surface area contributed by atoms with Gasteiger partial charge in [-0.1, -0.05) is 30.3 Å². The van der Waals surface area contributed by atoms with E-state index in [-0.39, 0.29) is 0 Å². The Kier molecular flexibility index (Phi) is 7.07. The standard InChI is InChI=1S/C28H30N4O3/c33-28(34)27(32-16-14-31(15-17-32)13-10-21-8-11-29-12-9-21)25-19-30-26-7-6-23(18-24(25)26)35-20-22-4-2-1-3-5-22/h1-9,11-12,18-19,27,30H,10,13-17,20H2,(H,33,34). The normalized spacial score (nSPS) is 15.8. The maximum absolute atomic E-state index is 12.4. The number of piperazine rings is 1. The number of fused-ring (bicyclic) bond motifs is 1. The number of carboxylic acid groups (broad SMARTS) is 1. The number of ether oxygens (including phenoxy) is 1. The predicted molar refractivity (Wildman–Crippen MR) is 135 cm³/mol. The molecule has 0 spiro atoms. The second kappa shape index (κ2) is 10.7. The Morgan fingerprint density at radius 1 is 1.00 bits per heavy atom. The van der Waals surface area contributed by atoms with E-state index in [1.165, 1.54) is 5.56 Å². The lowest BCUT2D eigenvalue weighted by Crippen LogP contribution is -2.49. The molecule has 0 saturated carbocycles. The minimum absolute atomic E-state index is 0.468. The highest BCUT2D eigenvalue weighted by atomic mass is 16.5. The quantitative estimate of drug-likeness (QED) is 0.383. The van der Waals surface area contributed by atoms with E-state index in [1.54, 1.807) is 0 Å². The van der Waals surface area contributed by atoms with Crippen molar-refractivity contribution in [1.82, 2.24) is 19.8 Å². The molecule has 7 heteroatoms. The van der Waals surface area contributed by atoms with Gasteiger partial charge in [-0.05, 0) is 47.9 Å². The molecule has 3 heterocycles. The van der Waals surface area contributed by atoms with E-state index in [1.807, 2.05) is 79.3 Å². The van der Waals surface area contributed by atoms with Crippen LogP contribution in [0, 0.1) is 0 Å². The molecule has 5 rings (SSSR count). The zero-order valence-corrected chi connectivity index (χ0v) is 19.6. The highest BCUT2D eigenvalue weighted by Crippen LogP contribution is 2.32. The van der Waals surface area contributed by atoms with Crippen molar-refractivity contribution in [3.8, 4) is 5.75 Å². The third-order valence-corrected chi connectivity index (χ3v) is 6.70. The van der Waals surface area contributed by atoms with Crippen molar-refractivity contribution in [2.24, 2.45) is 0 Å². The Bertz CT molecular complexity index is 1250. The number of rotatable bonds is 9. The van der Waals surface area contributed by atoms with Crippen LogP contribution in [0.1, 0.15) is 22.7 Å². The second-order valence-corrected chi connectivity index (χ2v) is 8.95. The molecule has 4 aromatic rings. The molecule has 1 aliphatic heterocycles. The average molecular weight is 471 g/mol. The molecule has 2 N–H and O–H groups in total. The first-order valence-corrected chi connectivity index (χ1v) is 12.0. The highest BCUT2D eigenvalue weighted by molar-refractivity contribution is 5.90. The molecule has 0 bridgehead atoms. The zero-order chi connectivity index (χ0) is 24.0. The molecule has 7 nitrogen and oxygen atoms in total. The summed E-state index contributed by atoms with van der Waals surface area (Å²) in [5.41, 5.74) is 4.05. The van der Waals surface area contributed by atoms with Crippen LogP contribution >= 0.6 is 0 Å². The van der Waals surface area contributed by atoms with Gasteiger partial charge >= 0.3 is 5.97 Å². The van der Waals surface area contributed by atoms with Crippen LogP contribution in [0.15, 0.2) is 79.3 Å². The average Bonchev–Trinajstić information content (AvgIpc) is 3.31. The van der Waals surface area contributed by atoms with Crippen molar-refractivity contribution >= 4 is 16.9 Å². The maximum Gasteiger partial charge on any atom is 0.325 e. The number of carboxylic acids is 1. The summed E-state index contributed by atoms with van der Waals surface area (Å²) >= 11 is 0. The third kappa shape index (κ3) is 5.53. The molecule has 1 unspecified atom stereocenters. The molecule has 35 heavy (non-hydrogen) atoms. The van der Waals surface area contributed by atoms with Crippen LogP contribution in [0.5, 0.6) is 5.75 Å². The summed E-state index contributed by atoms with van der Waals surface area (Å²) in [5, 5.41) is 11.1. The number of hydrogen-bond acceptors (Lipinski definition) is 5. The van der Waals surface area contributed by atoms with Gasteiger partial charge in [-0.25, -0.2) is 0 Å². The molecule has 2 aromatic heterocycles. The molecule has 0 aliphatic carbocycles. The van der Waals surface area contributed by atoms with Crippen molar-refractivity contribution in [1.29, 1.82) is 0 Å². The van der Waals surface area contributed by atoms with Gasteiger partial charge in [0.15, 0.2) is 0 Å². The number of pyridine rings is 1. The van der Waals surface area contributed by atoms with Gasteiger partial charge in [0, 0.05) is 67.8 Å². The predicted octanol–water partition coefficient (Wildman–Crippen LogP) is 4.13. The molecular weight excluding hydrogens is 440 g/mol. The SMILES string of the molecule is O=C(O)C(c1c[nH]c2ccc(OCc3ccccc3)cc12)N1CCN(CCc2ccncc2)CC1. The van der Waals surface area contributed by atoms with Crippen molar-refractivity contribution in [3.05, 3.63) is 95.9 Å². The Hall–Kier alpha value is -3.68. The highest BCUT2D eigenvalue weighted by Gasteiger charge is 2.32. The van der Waals surface area contributed by atoms with Gasteiger partial charge in [-0.15, -0.1) is 0 Å². The van der Waals surface area contributed by atoms with Crippen LogP contribution in [0.25, 0.3) is 10.9 Å². The van der Waals surface area contributed by atoms with Gasteiger partial charge in [0.05, 0.1) is 0 Å². The first kappa shape index (κ1) is 23.1. The van der Waals surface area contributed by atoms with E-state index in [0.717, 1.165) is 53.8 Å². The Balaban J connectivity index is 1.26. The minimum atomic E-state index is -0.827. The lowest BCUT2D eigenvalue weighted by molar-refractivity contribution is -0.144. The van der Waals surface area contributed by atoms with Crippen LogP contribution < -0.4 is 4.74 Å². The molecule has 0 amide bonds. The minimum Gasteiger partial charge on any atom is -0.489 e. The number of benzene rings is 2. The van der Waals surface area contributed by atoms with Crippen LogP contribution in [-0.2, 0) is 17.8 Å². The van der Waals surface area contributed by atoms with Crippen LogP contribution in [0.4, 0.5) is 0 Å². The largest absolute Gasteiger partial charge is 0.489 e. The van der Waals surface area contributed by atoms with E-state index >= 15 is 0 Å². The number of nitrogens with zero attached hydrogens (tertiary/aromatic N) is 3. The van der Waals surface area contributed by atoms with E-state index < -0.39 is 12.0 Å². The summed E-state index contributed by atoms with van der Waals surface area (Å²) in [5.74, 6) is -0.0981. The zero-order valence-electron chi connectivity index (χ0n) is 19.6. The smallest absolute Gasteiger partial charge is 0.325 e. The molecule has 1 aliphatic rings. The number of H-pyrrole nitrogens is 1. The van der Waals surface area contributed by atoms with Crippen LogP contribution in [0.3, 0.4) is 0 Å². The lowest BCUT2D eigenvalue weighted by Gasteiger charge is -2.37. The fourth-order valence-corrected chi connectivity index (χ4v) is 4.75. The summed E-state index contributed by atoms with van der Waals surface area (Å²) in [6, 6.07) is 19.2. The van der Waals surface area contributed by atoms with E-state index in [4.69, 9.17) is 4.74 Å². The second-order valence-electron chi connectivity index (χ2n) is 8.95. The van der Waals surface area contributed by atoms with Gasteiger partial charge < -0.3 is 19.7 Å². The topological polar surface area (TPSA) is 81.7 Å². The van der Waals surface area contributed by atoms with Gasteiger partial charge in [0.1, 0.15) is 18.4 Å². The maximum atomic E-state index is 12.4. The van der Waals surface area contributed by atoms with E-state index in [2.05, 4.69) is 19.8 Å². The molecular formula is C28H30N4O3. The molecule has 1 atom stereocenters. The van der Waals surface area contributed by atoms with Gasteiger partial charge in [0.25, 0.3) is 0 Å². The first-order valence-electron chi connectivity index (χ1n) is 12.0. The van der Waals surface area contributed by atoms with Crippen LogP contribution in [-0.4, -0.2) is 63.6 Å². The number of aliphatic carboxylic acids is 1. The van der Waals surface area contributed by atoms with Crippen molar-refractivity contribution in [2.45, 2.75) is 19.1 Å². The fraction of sp³-hybridized carbons (Fsp3) is 0.286. The monoisotopic (exact) mass is 470 g/mol. The van der Waals surface area contributed by atoms with E-state index in [0.29, 0.717) is 19.7 Å². The van der Waals surface area contributed by atoms with Crippen molar-refractivity contribution in [2.75, 3.05) is 32.7 Å². The van der Waals surface area contributed by atoms with Gasteiger partial charge in [0.2, 0.25) is 0 Å². The fourth-order valence-electron chi connectivity index (χ4n) is 4.75. The number of carbonyl (C=O) groups is 1. The molecule has 180 valence electrons. The third-order valence-electron chi connectivity index (χ3n) is 6.70. The summed E-state index contributed by atoms with van der Waals surface area (Å²) in [6.07, 6.45) is 6.45. The molecule has 0 radical (unpaired) electrons. The number of aromatic amines is 1. The number of aromatic nitrogens is 2. The number of hydrogen-bond donors (Lipinski definition) is 2. The van der Waals surface area contributed by atoms with Crippen LogP contribution in [0.2, 0.25) is 0 Å². The summed E-state index contributed by atoms with van der Waals surface area (Å²) in [6.45, 7) is 4.56. The lowest BCUT2D eigenvalue weighted by atomic mass is 10.0. The van der Waals surface area contributed by atoms with Gasteiger partial charge in [-0.2, -0.15) is 0 Å². The Morgan fingerprint density at radius 2 is 1.77 bits per heavy atom. The molecule has 2 aromatic carbocycles. The van der Waals surface area contributed by atoms with Crippen molar-refractivity contribution in [3.63, 3.8) is 0 Å².